The van der Waals surface area contributed by atoms with Gasteiger partial charge in [0.05, 0.1) is 0 Å². The van der Waals surface area contributed by atoms with Crippen LogP contribution in [0.5, 0.6) is 0 Å². The van der Waals surface area contributed by atoms with Gasteiger partial charge in [-0.2, -0.15) is 0 Å². The Morgan fingerprint density at radius 2 is 0.618 bits per heavy atom. The third kappa shape index (κ3) is 35.7. The van der Waals surface area contributed by atoms with Crippen LogP contribution in [0.25, 0.3) is 0 Å². The largest absolute Gasteiger partial charge is 0.481 e. The summed E-state index contributed by atoms with van der Waals surface area (Å²) in [4.78, 5) is 21.9. The van der Waals surface area contributed by atoms with Crippen LogP contribution in [0.4, 0.5) is 0 Å². The fourth-order valence-corrected chi connectivity index (χ4v) is 4.27. The summed E-state index contributed by atoms with van der Waals surface area (Å²) in [5.74, 6) is -0.152. The predicted octanol–water partition coefficient (Wildman–Crippen LogP) is 10.8. The zero-order chi connectivity index (χ0) is 25.5. The average molecular weight is 483 g/mol. The molecule has 0 bridgehead atoms. The molecule has 0 saturated carbocycles. The molecule has 0 aliphatic carbocycles. The van der Waals surface area contributed by atoms with Gasteiger partial charge in [0.15, 0.2) is 0 Å². The van der Waals surface area contributed by atoms with Crippen LogP contribution in [0.3, 0.4) is 0 Å². The smallest absolute Gasteiger partial charge is 0.303 e. The van der Waals surface area contributed by atoms with Crippen LogP contribution >= 0.6 is 0 Å². The fourth-order valence-electron chi connectivity index (χ4n) is 4.27. The van der Waals surface area contributed by atoms with Crippen molar-refractivity contribution in [1.29, 1.82) is 0 Å². The summed E-state index contributed by atoms with van der Waals surface area (Å²) >= 11 is 0. The Balaban J connectivity index is 0. The van der Waals surface area contributed by atoms with Gasteiger partial charge < -0.3 is 5.11 Å². The van der Waals surface area contributed by atoms with Crippen molar-refractivity contribution in [3.05, 3.63) is 0 Å². The van der Waals surface area contributed by atoms with E-state index in [-0.39, 0.29) is 0 Å². The van der Waals surface area contributed by atoms with E-state index in [0.29, 0.717) is 12.2 Å². The van der Waals surface area contributed by atoms with Crippen LogP contribution in [0.2, 0.25) is 0 Å². The van der Waals surface area contributed by atoms with Gasteiger partial charge in [0.1, 0.15) is 5.78 Å². The van der Waals surface area contributed by atoms with Gasteiger partial charge in [-0.25, -0.2) is 0 Å². The van der Waals surface area contributed by atoms with Gasteiger partial charge in [0.25, 0.3) is 0 Å². The van der Waals surface area contributed by atoms with Crippen molar-refractivity contribution in [2.75, 3.05) is 0 Å². The maximum atomic E-state index is 11.8. The van der Waals surface area contributed by atoms with Gasteiger partial charge in [-0.3, -0.25) is 9.59 Å². The lowest BCUT2D eigenvalue weighted by Crippen LogP contribution is -1.97. The number of Topliss-reactive ketones (excluding diaryl/α,β-unsaturated/α-hetero) is 1. The first-order valence-corrected chi connectivity index (χ1v) is 15.3. The summed E-state index contributed by atoms with van der Waals surface area (Å²) in [5, 5.41) is 8.35. The highest BCUT2D eigenvalue weighted by molar-refractivity contribution is 5.78. The molecule has 204 valence electrons. The number of carbonyl (C=O) groups excluding carboxylic acids is 1. The molecule has 0 unspecified atom stereocenters. The van der Waals surface area contributed by atoms with Crippen molar-refractivity contribution in [1.82, 2.24) is 0 Å². The second-order valence-electron chi connectivity index (χ2n) is 10.3. The summed E-state index contributed by atoms with van der Waals surface area (Å²) in [5.41, 5.74) is 0. The monoisotopic (exact) mass is 482 g/mol. The van der Waals surface area contributed by atoms with Crippen molar-refractivity contribution < 1.29 is 14.7 Å². The third-order valence-electron chi connectivity index (χ3n) is 6.61. The maximum Gasteiger partial charge on any atom is 0.303 e. The van der Waals surface area contributed by atoms with Crippen molar-refractivity contribution in [2.24, 2.45) is 0 Å². The summed E-state index contributed by atoms with van der Waals surface area (Å²) in [6.45, 7) is 6.72. The highest BCUT2D eigenvalue weighted by Crippen LogP contribution is 2.13. The summed E-state index contributed by atoms with van der Waals surface area (Å²) in [6, 6.07) is 0. The highest BCUT2D eigenvalue weighted by atomic mass is 16.4. The molecule has 0 aliphatic rings. The Hall–Kier alpha value is -0.860. The molecule has 0 radical (unpaired) electrons. The first-order chi connectivity index (χ1) is 16.6. The van der Waals surface area contributed by atoms with E-state index in [1.165, 1.54) is 122 Å². The Kier molecular flexibility index (Phi) is 33.4. The molecule has 0 heterocycles. The number of unbranched alkanes of at least 4 members (excludes halogenated alkanes) is 20. The minimum absolute atomic E-state index is 0.341. The molecule has 0 rings (SSSR count). The van der Waals surface area contributed by atoms with Gasteiger partial charge in [-0.05, 0) is 19.3 Å². The predicted molar refractivity (Wildman–Crippen MR) is 150 cm³/mol. The zero-order valence-corrected chi connectivity index (χ0v) is 23.6. The molecular formula is C31H62O3. The molecule has 0 amide bonds. The molecule has 1 N–H and O–H groups in total. The molecule has 0 fully saturated rings. The summed E-state index contributed by atoms with van der Waals surface area (Å²) in [7, 11) is 0. The molecule has 3 nitrogen and oxygen atoms in total. The molecule has 0 aliphatic heterocycles. The van der Waals surface area contributed by atoms with Crippen molar-refractivity contribution in [2.45, 2.75) is 188 Å². The number of rotatable bonds is 26. The number of carboxylic acid groups (broad SMARTS) is 1. The summed E-state index contributed by atoms with van der Waals surface area (Å²) in [6.07, 6.45) is 31.5. The van der Waals surface area contributed by atoms with Crippen molar-refractivity contribution >= 4 is 11.8 Å². The van der Waals surface area contributed by atoms with Crippen LogP contribution in [0.1, 0.15) is 188 Å². The van der Waals surface area contributed by atoms with E-state index in [2.05, 4.69) is 20.8 Å². The molecule has 0 aromatic rings. The maximum absolute atomic E-state index is 11.8. The molecule has 34 heavy (non-hydrogen) atoms. The molecule has 0 aromatic carbocycles. The third-order valence-corrected chi connectivity index (χ3v) is 6.61. The minimum Gasteiger partial charge on any atom is -0.481 e. The topological polar surface area (TPSA) is 54.4 Å². The second kappa shape index (κ2) is 32.1. The van der Waals surface area contributed by atoms with Gasteiger partial charge in [-0.15, -0.1) is 0 Å². The number of hydrogen-bond acceptors (Lipinski definition) is 2. The van der Waals surface area contributed by atoms with E-state index in [1.54, 1.807) is 0 Å². The standard InChI is InChI=1S/C21H42O.C10H20O2/c1-3-5-7-9-11-13-15-17-19-21(22)20-18-16-14-12-10-8-6-4-2;1-2-3-4-5-6-7-8-9-10(11)12/h3-20H2,1-2H3;2-9H2,1H3,(H,11,12). The number of aliphatic carboxylic acids is 1. The normalized spacial score (nSPS) is 10.7. The van der Waals surface area contributed by atoms with Gasteiger partial charge >= 0.3 is 5.97 Å². The Bertz CT molecular complexity index is 383. The molecule has 0 aromatic heterocycles. The zero-order valence-electron chi connectivity index (χ0n) is 23.6. The Morgan fingerprint density at radius 1 is 0.382 bits per heavy atom. The number of carbonyl (C=O) groups is 2. The lowest BCUT2D eigenvalue weighted by atomic mass is 10.0. The van der Waals surface area contributed by atoms with Crippen LogP contribution in [-0.2, 0) is 9.59 Å². The molecule has 3 heteroatoms. The lowest BCUT2D eigenvalue weighted by molar-refractivity contribution is -0.137. The van der Waals surface area contributed by atoms with E-state index in [0.717, 1.165) is 38.5 Å². The van der Waals surface area contributed by atoms with Crippen molar-refractivity contribution in [3.63, 3.8) is 0 Å². The first kappa shape index (κ1) is 35.3. The molecule has 0 atom stereocenters. The number of carboxylic acids is 1. The van der Waals surface area contributed by atoms with Crippen LogP contribution in [-0.4, -0.2) is 16.9 Å². The van der Waals surface area contributed by atoms with Crippen LogP contribution in [0.15, 0.2) is 0 Å². The Labute approximate surface area is 214 Å². The average Bonchev–Trinajstić information content (AvgIpc) is 2.82. The Morgan fingerprint density at radius 3 is 0.882 bits per heavy atom. The van der Waals surface area contributed by atoms with Gasteiger partial charge in [-0.1, -0.05) is 149 Å². The number of hydrogen-bond donors (Lipinski definition) is 1. The highest BCUT2D eigenvalue weighted by Gasteiger charge is 2.02. The molecular weight excluding hydrogens is 420 g/mol. The quantitative estimate of drug-likeness (QED) is 0.125. The lowest BCUT2D eigenvalue weighted by Gasteiger charge is -2.03. The van der Waals surface area contributed by atoms with Crippen LogP contribution < -0.4 is 0 Å². The number of ketones is 1. The fraction of sp³-hybridized carbons (Fsp3) is 0.935. The second-order valence-corrected chi connectivity index (χ2v) is 10.3. The minimum atomic E-state index is -0.663. The van der Waals surface area contributed by atoms with E-state index < -0.39 is 5.97 Å². The van der Waals surface area contributed by atoms with E-state index in [1.807, 2.05) is 0 Å². The SMILES string of the molecule is CCCCCCCCCC(=O)O.CCCCCCCCCCC(=O)CCCCCCCCCC. The van der Waals surface area contributed by atoms with E-state index >= 15 is 0 Å². The molecule has 0 spiro atoms. The van der Waals surface area contributed by atoms with Crippen molar-refractivity contribution in [3.8, 4) is 0 Å². The van der Waals surface area contributed by atoms with Gasteiger partial charge in [0, 0.05) is 19.3 Å². The summed E-state index contributed by atoms with van der Waals surface area (Å²) < 4.78 is 0. The van der Waals surface area contributed by atoms with Gasteiger partial charge in [0.2, 0.25) is 0 Å². The van der Waals surface area contributed by atoms with Crippen LogP contribution in [0, 0.1) is 0 Å². The first-order valence-electron chi connectivity index (χ1n) is 15.3. The molecule has 0 saturated heterocycles. The van der Waals surface area contributed by atoms with E-state index in [4.69, 9.17) is 5.11 Å². The van der Waals surface area contributed by atoms with E-state index in [9.17, 15) is 9.59 Å².